The number of nitrogens with zero attached hydrogens (tertiary/aromatic N) is 3. The van der Waals surface area contributed by atoms with Crippen LogP contribution in [0.4, 0.5) is 4.79 Å². The minimum atomic E-state index is -0.765. The summed E-state index contributed by atoms with van der Waals surface area (Å²) in [6.45, 7) is 6.03. The van der Waals surface area contributed by atoms with E-state index in [1.165, 1.54) is 19.5 Å². The molecule has 2 heterocycles. The molecule has 17 heavy (non-hydrogen) atoms. The predicted octanol–water partition coefficient (Wildman–Crippen LogP) is 0.766. The molecule has 0 bridgehead atoms. The predicted molar refractivity (Wildman–Crippen MR) is 66.3 cm³/mol. The molecule has 5 heteroatoms. The van der Waals surface area contributed by atoms with Gasteiger partial charge in [-0.2, -0.15) is 0 Å². The molecule has 0 spiro atoms. The van der Waals surface area contributed by atoms with E-state index in [0.717, 1.165) is 25.9 Å². The normalized spacial score (nSPS) is 25.8. The van der Waals surface area contributed by atoms with Gasteiger partial charge in [0.25, 0.3) is 0 Å². The van der Waals surface area contributed by atoms with E-state index in [9.17, 15) is 4.79 Å². The van der Waals surface area contributed by atoms with Crippen molar-refractivity contribution in [1.82, 2.24) is 14.7 Å². The molecule has 0 unspecified atom stereocenters. The number of carboxylic acid groups (broad SMARTS) is 1. The van der Waals surface area contributed by atoms with Crippen LogP contribution in [-0.2, 0) is 0 Å². The van der Waals surface area contributed by atoms with Crippen LogP contribution in [0, 0.1) is 0 Å². The van der Waals surface area contributed by atoms with Crippen LogP contribution in [0.2, 0.25) is 0 Å². The fraction of sp³-hybridized carbons (Fsp3) is 0.917. The molecular formula is C12H23N3O2. The topological polar surface area (TPSA) is 47.0 Å². The largest absolute Gasteiger partial charge is 0.465 e. The van der Waals surface area contributed by atoms with Crippen LogP contribution in [0.25, 0.3) is 0 Å². The van der Waals surface area contributed by atoms with Gasteiger partial charge in [0.1, 0.15) is 0 Å². The average molecular weight is 241 g/mol. The number of likely N-dealkylation sites (tertiary alicyclic amines) is 1. The molecule has 2 fully saturated rings. The van der Waals surface area contributed by atoms with Gasteiger partial charge in [-0.05, 0) is 39.4 Å². The number of likely N-dealkylation sites (N-methyl/N-ethyl adjacent to an activating group) is 1. The van der Waals surface area contributed by atoms with Gasteiger partial charge in [0.15, 0.2) is 0 Å². The van der Waals surface area contributed by atoms with E-state index in [1.54, 1.807) is 4.90 Å². The van der Waals surface area contributed by atoms with Crippen molar-refractivity contribution >= 4 is 6.09 Å². The van der Waals surface area contributed by atoms with Crippen LogP contribution >= 0.6 is 0 Å². The first-order valence-corrected chi connectivity index (χ1v) is 6.57. The summed E-state index contributed by atoms with van der Waals surface area (Å²) in [5, 5.41) is 8.92. The molecule has 2 aliphatic rings. The van der Waals surface area contributed by atoms with Crippen LogP contribution in [0.5, 0.6) is 0 Å². The Morgan fingerprint density at radius 2 is 1.76 bits per heavy atom. The fourth-order valence-corrected chi connectivity index (χ4v) is 2.85. The Hall–Kier alpha value is -0.810. The van der Waals surface area contributed by atoms with E-state index in [2.05, 4.69) is 16.8 Å². The summed E-state index contributed by atoms with van der Waals surface area (Å²) in [6, 6.07) is 0.595. The smallest absolute Gasteiger partial charge is 0.407 e. The quantitative estimate of drug-likeness (QED) is 0.736. The second kappa shape index (κ2) is 5.69. The summed E-state index contributed by atoms with van der Waals surface area (Å²) < 4.78 is 0. The SMILES string of the molecule is CN1CCCN(C2CCN(C(=O)O)CC2)CC1. The summed E-state index contributed by atoms with van der Waals surface area (Å²) in [4.78, 5) is 17.3. The second-order valence-corrected chi connectivity index (χ2v) is 5.19. The maximum atomic E-state index is 10.8. The van der Waals surface area contributed by atoms with Gasteiger partial charge in [0.2, 0.25) is 0 Å². The number of hydrogen-bond acceptors (Lipinski definition) is 3. The second-order valence-electron chi connectivity index (χ2n) is 5.19. The molecule has 2 saturated heterocycles. The van der Waals surface area contributed by atoms with Gasteiger partial charge in [-0.1, -0.05) is 0 Å². The lowest BCUT2D eigenvalue weighted by molar-refractivity contribution is 0.0967. The Kier molecular flexibility index (Phi) is 4.23. The Morgan fingerprint density at radius 3 is 2.41 bits per heavy atom. The molecule has 0 atom stereocenters. The third-order valence-electron chi connectivity index (χ3n) is 4.01. The standard InChI is InChI=1S/C12H23N3O2/c1-13-5-2-6-14(10-9-13)11-3-7-15(8-4-11)12(16)17/h11H,2-10H2,1H3,(H,16,17). The molecule has 2 aliphatic heterocycles. The van der Waals surface area contributed by atoms with E-state index in [-0.39, 0.29) is 0 Å². The van der Waals surface area contributed by atoms with Crippen molar-refractivity contribution in [2.75, 3.05) is 46.3 Å². The van der Waals surface area contributed by atoms with E-state index in [4.69, 9.17) is 5.11 Å². The van der Waals surface area contributed by atoms with Crippen LogP contribution < -0.4 is 0 Å². The van der Waals surface area contributed by atoms with Gasteiger partial charge in [-0.15, -0.1) is 0 Å². The van der Waals surface area contributed by atoms with Gasteiger partial charge in [0, 0.05) is 32.2 Å². The van der Waals surface area contributed by atoms with Crippen molar-refractivity contribution in [3.05, 3.63) is 0 Å². The number of rotatable bonds is 1. The van der Waals surface area contributed by atoms with Crippen molar-refractivity contribution in [3.63, 3.8) is 0 Å². The number of hydrogen-bond donors (Lipinski definition) is 1. The van der Waals surface area contributed by atoms with Gasteiger partial charge in [0.05, 0.1) is 0 Å². The minimum Gasteiger partial charge on any atom is -0.465 e. The summed E-state index contributed by atoms with van der Waals surface area (Å²) in [5.41, 5.74) is 0. The van der Waals surface area contributed by atoms with Crippen LogP contribution in [0.15, 0.2) is 0 Å². The third kappa shape index (κ3) is 3.33. The lowest BCUT2D eigenvalue weighted by Crippen LogP contribution is -2.47. The minimum absolute atomic E-state index is 0.595. The molecule has 1 N–H and O–H groups in total. The summed E-state index contributed by atoms with van der Waals surface area (Å²) in [7, 11) is 2.18. The van der Waals surface area contributed by atoms with Gasteiger partial charge in [-0.3, -0.25) is 4.90 Å². The monoisotopic (exact) mass is 241 g/mol. The Balaban J connectivity index is 1.81. The van der Waals surface area contributed by atoms with E-state index in [1.807, 2.05) is 0 Å². The zero-order valence-electron chi connectivity index (χ0n) is 10.6. The third-order valence-corrected chi connectivity index (χ3v) is 4.01. The lowest BCUT2D eigenvalue weighted by atomic mass is 10.0. The summed E-state index contributed by atoms with van der Waals surface area (Å²) in [6.07, 6.45) is 2.46. The van der Waals surface area contributed by atoms with Crippen LogP contribution in [0.1, 0.15) is 19.3 Å². The maximum absolute atomic E-state index is 10.8. The molecule has 0 aromatic heterocycles. The molecular weight excluding hydrogens is 218 g/mol. The molecule has 0 aromatic rings. The fourth-order valence-electron chi connectivity index (χ4n) is 2.85. The van der Waals surface area contributed by atoms with Gasteiger partial charge in [-0.25, -0.2) is 4.79 Å². The summed E-state index contributed by atoms with van der Waals surface area (Å²) in [5.74, 6) is 0. The van der Waals surface area contributed by atoms with Crippen LogP contribution in [0.3, 0.4) is 0 Å². The zero-order valence-corrected chi connectivity index (χ0v) is 10.6. The van der Waals surface area contributed by atoms with Gasteiger partial charge < -0.3 is 14.9 Å². The van der Waals surface area contributed by atoms with Crippen molar-refractivity contribution in [2.45, 2.75) is 25.3 Å². The Labute approximate surface area is 103 Å². The molecule has 0 aromatic carbocycles. The van der Waals surface area contributed by atoms with Crippen molar-refractivity contribution in [3.8, 4) is 0 Å². The lowest BCUT2D eigenvalue weighted by Gasteiger charge is -2.37. The Bertz CT molecular complexity index is 264. The highest BCUT2D eigenvalue weighted by Gasteiger charge is 2.27. The summed E-state index contributed by atoms with van der Waals surface area (Å²) >= 11 is 0. The molecule has 0 aliphatic carbocycles. The number of amides is 1. The van der Waals surface area contributed by atoms with Gasteiger partial charge >= 0.3 is 6.09 Å². The van der Waals surface area contributed by atoms with Crippen LogP contribution in [-0.4, -0.2) is 78.3 Å². The molecule has 1 amide bonds. The van der Waals surface area contributed by atoms with E-state index < -0.39 is 6.09 Å². The number of carbonyl (C=O) groups is 1. The average Bonchev–Trinajstić information content (AvgIpc) is 2.54. The highest BCUT2D eigenvalue weighted by Crippen LogP contribution is 2.18. The highest BCUT2D eigenvalue weighted by molar-refractivity contribution is 5.65. The number of piperidine rings is 1. The molecule has 5 nitrogen and oxygen atoms in total. The first kappa shape index (κ1) is 12.6. The maximum Gasteiger partial charge on any atom is 0.407 e. The first-order valence-electron chi connectivity index (χ1n) is 6.57. The van der Waals surface area contributed by atoms with E-state index in [0.29, 0.717) is 19.1 Å². The molecule has 98 valence electrons. The highest BCUT2D eigenvalue weighted by atomic mass is 16.4. The first-order chi connectivity index (χ1) is 8.16. The Morgan fingerprint density at radius 1 is 1.06 bits per heavy atom. The molecule has 0 saturated carbocycles. The van der Waals surface area contributed by atoms with E-state index >= 15 is 0 Å². The molecule has 0 radical (unpaired) electrons. The zero-order chi connectivity index (χ0) is 12.3. The van der Waals surface area contributed by atoms with Crippen molar-refractivity contribution in [1.29, 1.82) is 0 Å². The molecule has 2 rings (SSSR count). The van der Waals surface area contributed by atoms with Crippen molar-refractivity contribution < 1.29 is 9.90 Å². The van der Waals surface area contributed by atoms with Crippen molar-refractivity contribution in [2.24, 2.45) is 0 Å².